The molecule has 26 heavy (non-hydrogen) atoms. The third-order valence-electron chi connectivity index (χ3n) is 4.20. The molecule has 4 aromatic rings. The first-order valence-corrected chi connectivity index (χ1v) is 8.29. The smallest absolute Gasteiger partial charge is 0.159 e. The minimum absolute atomic E-state index is 0. The molecule has 0 N–H and O–H groups in total. The molecular formula is C22H18IrN3-. The Balaban J connectivity index is 0.00000196. The third-order valence-corrected chi connectivity index (χ3v) is 4.20. The second-order valence-electron chi connectivity index (χ2n) is 6.16. The zero-order valence-electron chi connectivity index (χ0n) is 14.6. The molecule has 0 aliphatic rings. The number of aromatic nitrogens is 3. The van der Waals surface area contributed by atoms with E-state index in [9.17, 15) is 0 Å². The molecule has 0 spiro atoms. The van der Waals surface area contributed by atoms with Crippen molar-refractivity contribution in [3.8, 4) is 28.5 Å². The fourth-order valence-corrected chi connectivity index (χ4v) is 2.81. The molecule has 0 unspecified atom stereocenters. The molecule has 3 aromatic carbocycles. The second kappa shape index (κ2) is 7.77. The van der Waals surface area contributed by atoms with Crippen molar-refractivity contribution in [3.63, 3.8) is 0 Å². The summed E-state index contributed by atoms with van der Waals surface area (Å²) in [5.41, 5.74) is 5.41. The summed E-state index contributed by atoms with van der Waals surface area (Å²) in [7, 11) is 0. The molecule has 4 heteroatoms. The van der Waals surface area contributed by atoms with Gasteiger partial charge in [0.15, 0.2) is 5.82 Å². The van der Waals surface area contributed by atoms with Crippen LogP contribution in [0.2, 0.25) is 0 Å². The molecule has 1 heterocycles. The summed E-state index contributed by atoms with van der Waals surface area (Å²) >= 11 is 0. The minimum atomic E-state index is 0. The third kappa shape index (κ3) is 3.52. The van der Waals surface area contributed by atoms with Crippen LogP contribution >= 0.6 is 0 Å². The van der Waals surface area contributed by atoms with Crippen LogP contribution in [0.1, 0.15) is 11.1 Å². The first-order valence-electron chi connectivity index (χ1n) is 8.29. The van der Waals surface area contributed by atoms with Gasteiger partial charge < -0.3 is 4.57 Å². The first-order chi connectivity index (χ1) is 12.2. The molecule has 3 nitrogen and oxygen atoms in total. The second-order valence-corrected chi connectivity index (χ2v) is 6.16. The van der Waals surface area contributed by atoms with E-state index in [0.717, 1.165) is 28.5 Å². The Morgan fingerprint density at radius 1 is 0.731 bits per heavy atom. The number of hydrogen-bond donors (Lipinski definition) is 0. The Morgan fingerprint density at radius 2 is 1.38 bits per heavy atom. The van der Waals surface area contributed by atoms with E-state index < -0.39 is 0 Å². The van der Waals surface area contributed by atoms with Crippen LogP contribution in [0.25, 0.3) is 28.5 Å². The molecule has 0 bridgehead atoms. The molecule has 4 rings (SSSR count). The molecule has 0 fully saturated rings. The Kier molecular flexibility index (Phi) is 5.46. The number of benzene rings is 3. The summed E-state index contributed by atoms with van der Waals surface area (Å²) in [5, 5.41) is 8.96. The van der Waals surface area contributed by atoms with Crippen molar-refractivity contribution >= 4 is 0 Å². The topological polar surface area (TPSA) is 30.7 Å². The van der Waals surface area contributed by atoms with Gasteiger partial charge in [-0.2, -0.15) is 5.10 Å². The molecule has 0 atom stereocenters. The van der Waals surface area contributed by atoms with Crippen molar-refractivity contribution < 1.29 is 20.1 Å². The van der Waals surface area contributed by atoms with Gasteiger partial charge in [-0.15, -0.1) is 40.5 Å². The summed E-state index contributed by atoms with van der Waals surface area (Å²) in [4.78, 5) is 0. The number of para-hydroxylation sites is 1. The maximum Gasteiger partial charge on any atom is 0.159 e. The van der Waals surface area contributed by atoms with Crippen molar-refractivity contribution in [2.75, 3.05) is 0 Å². The Bertz CT molecular complexity index is 925. The van der Waals surface area contributed by atoms with Crippen molar-refractivity contribution in [2.45, 2.75) is 13.8 Å². The van der Waals surface area contributed by atoms with Crippen molar-refractivity contribution in [1.29, 1.82) is 0 Å². The standard InChI is InChI=1S/C22H18N3.Ir/c1-16-8-12-18(13-9-16)21-23-24-22(19-14-10-17(2)11-15-19)25(21)20-6-4-3-5-7-20;/h3-14H,1-2H3;/q-1;. The Labute approximate surface area is 167 Å². The van der Waals surface area contributed by atoms with Crippen LogP contribution in [0.3, 0.4) is 0 Å². The molecule has 0 aliphatic carbocycles. The van der Waals surface area contributed by atoms with Gasteiger partial charge in [-0.3, -0.25) is 0 Å². The normalized spacial score (nSPS) is 10.4. The monoisotopic (exact) mass is 517 g/mol. The van der Waals surface area contributed by atoms with Crippen LogP contribution in [0.5, 0.6) is 0 Å². The molecule has 1 aromatic heterocycles. The van der Waals surface area contributed by atoms with Gasteiger partial charge in [-0.25, -0.2) is 0 Å². The zero-order valence-corrected chi connectivity index (χ0v) is 17.0. The maximum atomic E-state index is 4.48. The van der Waals surface area contributed by atoms with E-state index in [0.29, 0.717) is 0 Å². The number of aryl methyl sites for hydroxylation is 2. The summed E-state index contributed by atoms with van der Waals surface area (Å²) in [6.45, 7) is 4.14. The molecule has 1 radical (unpaired) electrons. The molecule has 0 saturated heterocycles. The van der Waals surface area contributed by atoms with Gasteiger partial charge in [-0.05, 0) is 19.1 Å². The van der Waals surface area contributed by atoms with E-state index >= 15 is 0 Å². The van der Waals surface area contributed by atoms with E-state index in [1.807, 2.05) is 30.3 Å². The predicted octanol–water partition coefficient (Wildman–Crippen LogP) is 5.02. The fourth-order valence-electron chi connectivity index (χ4n) is 2.81. The van der Waals surface area contributed by atoms with E-state index in [1.165, 1.54) is 11.1 Å². The minimum Gasteiger partial charge on any atom is -0.316 e. The molecule has 131 valence electrons. The summed E-state index contributed by atoms with van der Waals surface area (Å²) in [5.74, 6) is 1.62. The number of hydrogen-bond acceptors (Lipinski definition) is 2. The molecular weight excluding hydrogens is 498 g/mol. The van der Waals surface area contributed by atoms with E-state index in [4.69, 9.17) is 0 Å². The Hall–Kier alpha value is -2.55. The van der Waals surface area contributed by atoms with Crippen LogP contribution in [0, 0.1) is 19.9 Å². The molecule has 0 aliphatic heterocycles. The van der Waals surface area contributed by atoms with E-state index in [-0.39, 0.29) is 20.1 Å². The number of rotatable bonds is 3. The van der Waals surface area contributed by atoms with Gasteiger partial charge in [0.05, 0.1) is 5.82 Å². The van der Waals surface area contributed by atoms with Crippen LogP contribution in [-0.4, -0.2) is 14.8 Å². The number of nitrogens with zero attached hydrogens (tertiary/aromatic N) is 3. The van der Waals surface area contributed by atoms with Crippen molar-refractivity contribution in [3.05, 3.63) is 90.0 Å². The van der Waals surface area contributed by atoms with Crippen LogP contribution in [-0.2, 0) is 20.1 Å². The van der Waals surface area contributed by atoms with Gasteiger partial charge in [0.2, 0.25) is 0 Å². The van der Waals surface area contributed by atoms with Gasteiger partial charge >= 0.3 is 0 Å². The SMILES string of the molecule is Cc1c[c-]c(-c2nnc(-c3ccc(C)cc3)n2-c2ccccc2)cc1.[Ir]. The molecule has 0 saturated carbocycles. The van der Waals surface area contributed by atoms with Crippen molar-refractivity contribution in [2.24, 2.45) is 0 Å². The van der Waals surface area contributed by atoms with Gasteiger partial charge in [-0.1, -0.05) is 55.0 Å². The van der Waals surface area contributed by atoms with Gasteiger partial charge in [0, 0.05) is 31.4 Å². The van der Waals surface area contributed by atoms with Crippen molar-refractivity contribution in [1.82, 2.24) is 14.8 Å². The maximum absolute atomic E-state index is 4.48. The summed E-state index contributed by atoms with van der Waals surface area (Å²) in [6.07, 6.45) is 0. The summed E-state index contributed by atoms with van der Waals surface area (Å²) in [6, 6.07) is 28.0. The Morgan fingerprint density at radius 3 is 2.04 bits per heavy atom. The average Bonchev–Trinajstić information content (AvgIpc) is 3.09. The summed E-state index contributed by atoms with van der Waals surface area (Å²) < 4.78 is 2.09. The predicted molar refractivity (Wildman–Crippen MR) is 101 cm³/mol. The zero-order chi connectivity index (χ0) is 17.2. The first kappa shape index (κ1) is 18.2. The fraction of sp³-hybridized carbons (Fsp3) is 0.0909. The largest absolute Gasteiger partial charge is 0.316 e. The van der Waals surface area contributed by atoms with Crippen LogP contribution < -0.4 is 0 Å². The van der Waals surface area contributed by atoms with E-state index in [2.05, 4.69) is 77.1 Å². The van der Waals surface area contributed by atoms with Crippen LogP contribution in [0.4, 0.5) is 0 Å². The molecule has 0 amide bonds. The van der Waals surface area contributed by atoms with E-state index in [1.54, 1.807) is 0 Å². The van der Waals surface area contributed by atoms with Gasteiger partial charge in [0.25, 0.3) is 0 Å². The average molecular weight is 517 g/mol. The van der Waals surface area contributed by atoms with Crippen LogP contribution in [0.15, 0.2) is 72.8 Å². The van der Waals surface area contributed by atoms with Gasteiger partial charge in [0.1, 0.15) is 0 Å². The quantitative estimate of drug-likeness (QED) is 0.358.